The summed E-state index contributed by atoms with van der Waals surface area (Å²) in [6.45, 7) is 3.78. The first-order valence-electron chi connectivity index (χ1n) is 9.44. The molecule has 2 aliphatic rings. The molecule has 2 aliphatic heterocycles. The third-order valence-electron chi connectivity index (χ3n) is 5.13. The standard InChI is InChI=1S/C19H24N4O3S/c24-18(13-21-9-6-20-14-21)23-8-1-3-15(23)16-4-5-17(27-16)19(25)22-7-2-11-26-12-10-22/h4-6,9,14-15H,1-3,7-8,10-13H2. The van der Waals surface area contributed by atoms with Crippen LogP contribution >= 0.6 is 11.3 Å². The molecule has 0 bridgehead atoms. The fraction of sp³-hybridized carbons (Fsp3) is 0.526. The van der Waals surface area contributed by atoms with Crippen LogP contribution in [0.1, 0.15) is 39.9 Å². The van der Waals surface area contributed by atoms with Crippen molar-refractivity contribution in [3.8, 4) is 0 Å². The summed E-state index contributed by atoms with van der Waals surface area (Å²) in [5.41, 5.74) is 0. The summed E-state index contributed by atoms with van der Waals surface area (Å²) in [4.78, 5) is 35.2. The minimum Gasteiger partial charge on any atom is -0.380 e. The van der Waals surface area contributed by atoms with Gasteiger partial charge in [-0.05, 0) is 31.4 Å². The first-order valence-corrected chi connectivity index (χ1v) is 10.3. The zero-order valence-electron chi connectivity index (χ0n) is 15.2. The van der Waals surface area contributed by atoms with Crippen LogP contribution in [0.25, 0.3) is 0 Å². The SMILES string of the molecule is O=C(c1ccc(C2CCCN2C(=O)Cn2ccnc2)s1)N1CCCOCC1. The summed E-state index contributed by atoms with van der Waals surface area (Å²) in [7, 11) is 0. The van der Waals surface area contributed by atoms with E-state index in [2.05, 4.69) is 4.98 Å². The highest BCUT2D eigenvalue weighted by Gasteiger charge is 2.31. The van der Waals surface area contributed by atoms with Gasteiger partial charge in [0.2, 0.25) is 5.91 Å². The second-order valence-corrected chi connectivity index (χ2v) is 8.06. The van der Waals surface area contributed by atoms with Crippen LogP contribution < -0.4 is 0 Å². The molecule has 4 heterocycles. The van der Waals surface area contributed by atoms with E-state index in [0.29, 0.717) is 19.7 Å². The summed E-state index contributed by atoms with van der Waals surface area (Å²) >= 11 is 1.52. The molecule has 2 amide bonds. The molecule has 0 N–H and O–H groups in total. The van der Waals surface area contributed by atoms with Gasteiger partial charge in [-0.25, -0.2) is 4.98 Å². The van der Waals surface area contributed by atoms with Gasteiger partial charge >= 0.3 is 0 Å². The van der Waals surface area contributed by atoms with Crippen LogP contribution in [-0.2, 0) is 16.1 Å². The number of amides is 2. The van der Waals surface area contributed by atoms with Crippen LogP contribution in [-0.4, -0.2) is 64.0 Å². The lowest BCUT2D eigenvalue weighted by Crippen LogP contribution is -2.33. The number of nitrogens with zero attached hydrogens (tertiary/aromatic N) is 4. The molecule has 0 saturated carbocycles. The molecule has 27 heavy (non-hydrogen) atoms. The highest BCUT2D eigenvalue weighted by molar-refractivity contribution is 7.14. The average molecular weight is 388 g/mol. The van der Waals surface area contributed by atoms with Gasteiger partial charge < -0.3 is 19.1 Å². The number of ether oxygens (including phenoxy) is 1. The van der Waals surface area contributed by atoms with E-state index >= 15 is 0 Å². The highest BCUT2D eigenvalue weighted by Crippen LogP contribution is 2.36. The van der Waals surface area contributed by atoms with Crippen molar-refractivity contribution in [2.75, 3.05) is 32.8 Å². The fourth-order valence-corrected chi connectivity index (χ4v) is 4.86. The maximum absolute atomic E-state index is 12.8. The maximum Gasteiger partial charge on any atom is 0.264 e. The summed E-state index contributed by atoms with van der Waals surface area (Å²) in [5, 5.41) is 0. The van der Waals surface area contributed by atoms with Crippen molar-refractivity contribution >= 4 is 23.2 Å². The van der Waals surface area contributed by atoms with Gasteiger partial charge in [0.15, 0.2) is 0 Å². The van der Waals surface area contributed by atoms with Gasteiger partial charge in [0.1, 0.15) is 6.54 Å². The molecule has 8 heteroatoms. The number of carbonyl (C=O) groups excluding carboxylic acids is 2. The van der Waals surface area contributed by atoms with Crippen LogP contribution in [0.15, 0.2) is 30.9 Å². The molecule has 2 saturated heterocycles. The van der Waals surface area contributed by atoms with Gasteiger partial charge in [0.05, 0.1) is 23.9 Å². The van der Waals surface area contributed by atoms with Crippen molar-refractivity contribution in [3.63, 3.8) is 0 Å². The van der Waals surface area contributed by atoms with E-state index in [-0.39, 0.29) is 17.9 Å². The lowest BCUT2D eigenvalue weighted by molar-refractivity contribution is -0.132. The van der Waals surface area contributed by atoms with Crippen molar-refractivity contribution in [1.29, 1.82) is 0 Å². The minimum atomic E-state index is 0.0695. The first-order chi connectivity index (χ1) is 13.2. The molecule has 2 aromatic rings. The number of hydrogen-bond donors (Lipinski definition) is 0. The van der Waals surface area contributed by atoms with E-state index in [4.69, 9.17) is 4.74 Å². The second-order valence-electron chi connectivity index (χ2n) is 6.94. The molecular formula is C19H24N4O3S. The van der Waals surface area contributed by atoms with E-state index in [0.717, 1.165) is 48.7 Å². The monoisotopic (exact) mass is 388 g/mol. The number of rotatable bonds is 4. The number of carbonyl (C=O) groups is 2. The molecule has 0 radical (unpaired) electrons. The van der Waals surface area contributed by atoms with Crippen LogP contribution in [0, 0.1) is 0 Å². The van der Waals surface area contributed by atoms with Gasteiger partial charge in [-0.2, -0.15) is 0 Å². The molecule has 0 aromatic carbocycles. The van der Waals surface area contributed by atoms with Gasteiger partial charge in [-0.3, -0.25) is 9.59 Å². The molecule has 0 aliphatic carbocycles. The Labute approximate surface area is 162 Å². The lowest BCUT2D eigenvalue weighted by Gasteiger charge is -2.24. The van der Waals surface area contributed by atoms with Crippen molar-refractivity contribution in [1.82, 2.24) is 19.4 Å². The normalized spacial score (nSPS) is 20.7. The summed E-state index contributed by atoms with van der Waals surface area (Å²) in [6, 6.07) is 3.99. The van der Waals surface area contributed by atoms with Crippen LogP contribution in [0.4, 0.5) is 0 Å². The lowest BCUT2D eigenvalue weighted by atomic mass is 10.2. The van der Waals surface area contributed by atoms with E-state index in [1.165, 1.54) is 11.3 Å². The predicted molar refractivity (Wildman–Crippen MR) is 102 cm³/mol. The Kier molecular flexibility index (Phi) is 5.54. The van der Waals surface area contributed by atoms with Gasteiger partial charge in [-0.15, -0.1) is 11.3 Å². The van der Waals surface area contributed by atoms with Crippen molar-refractivity contribution in [3.05, 3.63) is 40.6 Å². The Hall–Kier alpha value is -2.19. The zero-order valence-corrected chi connectivity index (χ0v) is 16.1. The molecule has 2 aromatic heterocycles. The van der Waals surface area contributed by atoms with Gasteiger partial charge in [0, 0.05) is 43.5 Å². The smallest absolute Gasteiger partial charge is 0.264 e. The van der Waals surface area contributed by atoms with E-state index in [1.54, 1.807) is 23.3 Å². The first kappa shape index (κ1) is 18.2. The summed E-state index contributed by atoms with van der Waals surface area (Å²) in [5.74, 6) is 0.174. The van der Waals surface area contributed by atoms with Crippen LogP contribution in [0.5, 0.6) is 0 Å². The minimum absolute atomic E-state index is 0.0695. The molecular weight excluding hydrogens is 364 g/mol. The second kappa shape index (κ2) is 8.22. The quantitative estimate of drug-likeness (QED) is 0.805. The number of aromatic nitrogens is 2. The molecule has 2 fully saturated rings. The zero-order chi connectivity index (χ0) is 18.6. The Balaban J connectivity index is 1.45. The molecule has 7 nitrogen and oxygen atoms in total. The number of likely N-dealkylation sites (tertiary alicyclic amines) is 1. The third kappa shape index (κ3) is 4.06. The fourth-order valence-electron chi connectivity index (χ4n) is 3.74. The van der Waals surface area contributed by atoms with Crippen molar-refractivity contribution < 1.29 is 14.3 Å². The molecule has 0 spiro atoms. The summed E-state index contributed by atoms with van der Waals surface area (Å²) in [6.07, 6.45) is 7.96. The average Bonchev–Trinajstić information content (AvgIpc) is 3.39. The molecule has 1 unspecified atom stereocenters. The van der Waals surface area contributed by atoms with Crippen LogP contribution in [0.2, 0.25) is 0 Å². The van der Waals surface area contributed by atoms with Gasteiger partial charge in [-0.1, -0.05) is 0 Å². The third-order valence-corrected chi connectivity index (χ3v) is 6.30. The summed E-state index contributed by atoms with van der Waals surface area (Å²) < 4.78 is 7.23. The van der Waals surface area contributed by atoms with E-state index < -0.39 is 0 Å². The Morgan fingerprint density at radius 1 is 1.19 bits per heavy atom. The van der Waals surface area contributed by atoms with E-state index in [1.807, 2.05) is 21.9 Å². The number of hydrogen-bond acceptors (Lipinski definition) is 5. The Morgan fingerprint density at radius 3 is 2.96 bits per heavy atom. The van der Waals surface area contributed by atoms with Gasteiger partial charge in [0.25, 0.3) is 5.91 Å². The van der Waals surface area contributed by atoms with Crippen molar-refractivity contribution in [2.24, 2.45) is 0 Å². The number of imidazole rings is 1. The predicted octanol–water partition coefficient (Wildman–Crippen LogP) is 2.17. The van der Waals surface area contributed by atoms with Crippen LogP contribution in [0.3, 0.4) is 0 Å². The maximum atomic E-state index is 12.8. The highest BCUT2D eigenvalue weighted by atomic mass is 32.1. The molecule has 4 rings (SSSR count). The Bertz CT molecular complexity index is 781. The molecule has 1 atom stereocenters. The van der Waals surface area contributed by atoms with E-state index in [9.17, 15) is 9.59 Å². The largest absolute Gasteiger partial charge is 0.380 e. The number of thiophene rings is 1. The van der Waals surface area contributed by atoms with Crippen molar-refractivity contribution in [2.45, 2.75) is 31.8 Å². The topological polar surface area (TPSA) is 67.7 Å². The molecule has 144 valence electrons. The Morgan fingerprint density at radius 2 is 2.11 bits per heavy atom.